The van der Waals surface area contributed by atoms with Crippen molar-refractivity contribution in [3.8, 4) is 0 Å². The standard InChI is InChI=1S/C8H13ClN2O3/c1-2-13-8(12)6(10)3-5-4-7(9)11-14-5/h5-6H,2-4,10H2,1H3/t5-,6-/m0/s1. The maximum atomic E-state index is 11.1. The Morgan fingerprint density at radius 2 is 2.64 bits per heavy atom. The molecule has 0 aromatic rings. The number of esters is 1. The first-order chi connectivity index (χ1) is 6.63. The summed E-state index contributed by atoms with van der Waals surface area (Å²) < 4.78 is 4.75. The van der Waals surface area contributed by atoms with Crippen LogP contribution in [-0.4, -0.2) is 29.9 Å². The fourth-order valence-corrected chi connectivity index (χ4v) is 1.36. The summed E-state index contributed by atoms with van der Waals surface area (Å²) >= 11 is 5.60. The Balaban J connectivity index is 2.27. The van der Waals surface area contributed by atoms with Crippen LogP contribution >= 0.6 is 11.6 Å². The van der Waals surface area contributed by atoms with Crippen molar-refractivity contribution in [1.29, 1.82) is 0 Å². The summed E-state index contributed by atoms with van der Waals surface area (Å²) in [5.74, 6) is -0.417. The highest BCUT2D eigenvalue weighted by Gasteiger charge is 2.26. The van der Waals surface area contributed by atoms with Crippen LogP contribution in [0.3, 0.4) is 0 Å². The van der Waals surface area contributed by atoms with Crippen LogP contribution < -0.4 is 5.73 Å². The third-order valence-corrected chi connectivity index (χ3v) is 2.03. The number of halogens is 1. The molecule has 0 unspecified atom stereocenters. The van der Waals surface area contributed by atoms with E-state index >= 15 is 0 Å². The molecule has 0 bridgehead atoms. The molecule has 0 fully saturated rings. The van der Waals surface area contributed by atoms with E-state index in [1.165, 1.54) is 0 Å². The molecule has 1 heterocycles. The van der Waals surface area contributed by atoms with Gasteiger partial charge in [0, 0.05) is 12.8 Å². The number of ether oxygens (including phenoxy) is 1. The van der Waals surface area contributed by atoms with Crippen LogP contribution in [0.1, 0.15) is 19.8 Å². The SMILES string of the molecule is CCOC(=O)[C@@H](N)C[C@H]1CC(Cl)=NO1. The van der Waals surface area contributed by atoms with Gasteiger partial charge in [-0.15, -0.1) is 0 Å². The summed E-state index contributed by atoms with van der Waals surface area (Å²) in [7, 11) is 0. The van der Waals surface area contributed by atoms with Crippen molar-refractivity contribution in [3.05, 3.63) is 0 Å². The van der Waals surface area contributed by atoms with E-state index in [0.29, 0.717) is 24.6 Å². The van der Waals surface area contributed by atoms with E-state index in [1.807, 2.05) is 0 Å². The molecule has 1 rings (SSSR count). The van der Waals surface area contributed by atoms with Crippen LogP contribution in [0, 0.1) is 0 Å². The summed E-state index contributed by atoms with van der Waals surface area (Å²) in [6.45, 7) is 2.06. The lowest BCUT2D eigenvalue weighted by Crippen LogP contribution is -2.35. The first-order valence-corrected chi connectivity index (χ1v) is 4.81. The summed E-state index contributed by atoms with van der Waals surface area (Å²) in [6.07, 6.45) is 0.676. The quantitative estimate of drug-likeness (QED) is 0.705. The second-order valence-corrected chi connectivity index (χ2v) is 3.43. The number of nitrogens with zero attached hydrogens (tertiary/aromatic N) is 1. The maximum Gasteiger partial charge on any atom is 0.323 e. The number of nitrogens with two attached hydrogens (primary N) is 1. The largest absolute Gasteiger partial charge is 0.465 e. The first kappa shape index (κ1) is 11.3. The van der Waals surface area contributed by atoms with Gasteiger partial charge in [0.05, 0.1) is 6.61 Å². The van der Waals surface area contributed by atoms with Crippen molar-refractivity contribution < 1.29 is 14.4 Å². The molecule has 0 spiro atoms. The van der Waals surface area contributed by atoms with Crippen molar-refractivity contribution in [2.24, 2.45) is 10.9 Å². The number of carbonyl (C=O) groups excluding carboxylic acids is 1. The minimum Gasteiger partial charge on any atom is -0.465 e. The van der Waals surface area contributed by atoms with Gasteiger partial charge in [-0.25, -0.2) is 0 Å². The summed E-state index contributed by atoms with van der Waals surface area (Å²) in [5.41, 5.74) is 5.58. The van der Waals surface area contributed by atoms with E-state index in [9.17, 15) is 4.79 Å². The van der Waals surface area contributed by atoms with Crippen molar-refractivity contribution in [3.63, 3.8) is 0 Å². The molecular formula is C8H13ClN2O3. The second kappa shape index (κ2) is 5.17. The molecule has 1 aliphatic heterocycles. The van der Waals surface area contributed by atoms with Gasteiger partial charge in [0.2, 0.25) is 0 Å². The van der Waals surface area contributed by atoms with Gasteiger partial charge in [-0.1, -0.05) is 16.8 Å². The fraction of sp³-hybridized carbons (Fsp3) is 0.750. The molecule has 80 valence electrons. The normalized spacial score (nSPS) is 22.5. The summed E-state index contributed by atoms with van der Waals surface area (Å²) in [6, 6.07) is -0.669. The third-order valence-electron chi connectivity index (χ3n) is 1.80. The highest BCUT2D eigenvalue weighted by molar-refractivity contribution is 6.65. The van der Waals surface area contributed by atoms with Gasteiger partial charge in [-0.05, 0) is 6.92 Å². The van der Waals surface area contributed by atoms with Crippen LogP contribution in [-0.2, 0) is 14.4 Å². The summed E-state index contributed by atoms with van der Waals surface area (Å²) in [5, 5.41) is 3.96. The van der Waals surface area contributed by atoms with Crippen LogP contribution in [0.4, 0.5) is 0 Å². The van der Waals surface area contributed by atoms with E-state index in [1.54, 1.807) is 6.92 Å². The predicted octanol–water partition coefficient (Wildman–Crippen LogP) is 0.608. The molecular weight excluding hydrogens is 208 g/mol. The lowest BCUT2D eigenvalue weighted by molar-refractivity contribution is -0.145. The van der Waals surface area contributed by atoms with Gasteiger partial charge < -0.3 is 15.3 Å². The van der Waals surface area contributed by atoms with Gasteiger partial charge in [0.1, 0.15) is 17.3 Å². The highest BCUT2D eigenvalue weighted by atomic mass is 35.5. The number of carbonyl (C=O) groups is 1. The summed E-state index contributed by atoms with van der Waals surface area (Å²) in [4.78, 5) is 16.1. The predicted molar refractivity (Wildman–Crippen MR) is 52.0 cm³/mol. The van der Waals surface area contributed by atoms with Crippen LogP contribution in [0.25, 0.3) is 0 Å². The number of rotatable bonds is 4. The fourth-order valence-electron chi connectivity index (χ4n) is 1.15. The Hall–Kier alpha value is -0.810. The molecule has 0 saturated heterocycles. The number of hydrogen-bond donors (Lipinski definition) is 1. The van der Waals surface area contributed by atoms with Crippen molar-refractivity contribution >= 4 is 22.7 Å². The molecule has 0 aliphatic carbocycles. The van der Waals surface area contributed by atoms with Gasteiger partial charge in [-0.2, -0.15) is 0 Å². The van der Waals surface area contributed by atoms with Crippen LogP contribution in [0.15, 0.2) is 5.16 Å². The van der Waals surface area contributed by atoms with E-state index in [0.717, 1.165) is 0 Å². The van der Waals surface area contributed by atoms with Gasteiger partial charge in [0.25, 0.3) is 0 Å². The van der Waals surface area contributed by atoms with E-state index in [2.05, 4.69) is 5.16 Å². The number of oxime groups is 1. The molecule has 2 N–H and O–H groups in total. The van der Waals surface area contributed by atoms with Gasteiger partial charge in [0.15, 0.2) is 0 Å². The van der Waals surface area contributed by atoms with E-state index in [4.69, 9.17) is 26.9 Å². The zero-order chi connectivity index (χ0) is 10.6. The number of hydrogen-bond acceptors (Lipinski definition) is 5. The molecule has 0 radical (unpaired) electrons. The van der Waals surface area contributed by atoms with Crippen molar-refractivity contribution in [2.45, 2.75) is 31.9 Å². The molecule has 2 atom stereocenters. The Kier molecular flexibility index (Phi) is 4.16. The van der Waals surface area contributed by atoms with Crippen molar-refractivity contribution in [1.82, 2.24) is 0 Å². The minimum atomic E-state index is -0.669. The molecule has 0 aromatic heterocycles. The van der Waals surface area contributed by atoms with Gasteiger partial charge in [-0.3, -0.25) is 4.79 Å². The Morgan fingerprint density at radius 3 is 3.14 bits per heavy atom. The zero-order valence-corrected chi connectivity index (χ0v) is 8.66. The molecule has 0 saturated carbocycles. The van der Waals surface area contributed by atoms with E-state index < -0.39 is 12.0 Å². The smallest absolute Gasteiger partial charge is 0.323 e. The third kappa shape index (κ3) is 3.16. The molecule has 0 amide bonds. The van der Waals surface area contributed by atoms with Crippen molar-refractivity contribution in [2.75, 3.05) is 6.61 Å². The lowest BCUT2D eigenvalue weighted by Gasteiger charge is -2.13. The average molecular weight is 221 g/mol. The highest BCUT2D eigenvalue weighted by Crippen LogP contribution is 2.17. The molecule has 6 heteroatoms. The first-order valence-electron chi connectivity index (χ1n) is 4.44. The van der Waals surface area contributed by atoms with Crippen LogP contribution in [0.2, 0.25) is 0 Å². The lowest BCUT2D eigenvalue weighted by atomic mass is 10.1. The Bertz CT molecular complexity index is 245. The Labute approximate surface area is 87.2 Å². The van der Waals surface area contributed by atoms with E-state index in [-0.39, 0.29) is 6.10 Å². The topological polar surface area (TPSA) is 73.9 Å². The monoisotopic (exact) mass is 220 g/mol. The maximum absolute atomic E-state index is 11.1. The minimum absolute atomic E-state index is 0.207. The van der Waals surface area contributed by atoms with Crippen LogP contribution in [0.5, 0.6) is 0 Å². The van der Waals surface area contributed by atoms with Gasteiger partial charge >= 0.3 is 5.97 Å². The second-order valence-electron chi connectivity index (χ2n) is 2.99. The Morgan fingerprint density at radius 1 is 1.93 bits per heavy atom. The average Bonchev–Trinajstić information content (AvgIpc) is 2.51. The molecule has 1 aliphatic rings. The molecule has 5 nitrogen and oxygen atoms in total. The molecule has 14 heavy (non-hydrogen) atoms. The molecule has 0 aromatic carbocycles. The zero-order valence-electron chi connectivity index (χ0n) is 7.90.